The Kier molecular flexibility index (Phi) is 5.61. The van der Waals surface area contributed by atoms with E-state index in [0.717, 1.165) is 11.1 Å². The van der Waals surface area contributed by atoms with Gasteiger partial charge in [0.25, 0.3) is 5.91 Å². The van der Waals surface area contributed by atoms with Crippen LogP contribution in [-0.2, 0) is 4.79 Å². The zero-order valence-corrected chi connectivity index (χ0v) is 14.8. The Morgan fingerprint density at radius 3 is 2.19 bits per heavy atom. The average molecular weight is 362 g/mol. The molecule has 0 heterocycles. The molecule has 5 heteroatoms. The number of carbonyl (C=O) groups excluding carboxylic acids is 2. The van der Waals surface area contributed by atoms with E-state index in [1.807, 2.05) is 30.3 Å². The molecule has 0 saturated carbocycles. The lowest BCUT2D eigenvalue weighted by Gasteiger charge is -2.20. The first-order chi connectivity index (χ1) is 13.0. The quantitative estimate of drug-likeness (QED) is 0.711. The van der Waals surface area contributed by atoms with Crippen LogP contribution in [0, 0.1) is 5.82 Å². The van der Waals surface area contributed by atoms with Crippen LogP contribution in [0.2, 0.25) is 0 Å². The van der Waals surface area contributed by atoms with E-state index in [1.54, 1.807) is 36.4 Å². The van der Waals surface area contributed by atoms with Crippen LogP contribution in [0.15, 0.2) is 78.9 Å². The Labute approximate surface area is 157 Å². The van der Waals surface area contributed by atoms with E-state index in [1.165, 1.54) is 19.1 Å². The van der Waals surface area contributed by atoms with Gasteiger partial charge in [0, 0.05) is 18.2 Å². The third kappa shape index (κ3) is 4.79. The zero-order chi connectivity index (χ0) is 19.2. The molecule has 2 N–H and O–H groups in total. The van der Waals surface area contributed by atoms with Crippen LogP contribution in [0.3, 0.4) is 0 Å². The normalized spacial score (nSPS) is 11.5. The van der Waals surface area contributed by atoms with Gasteiger partial charge in [0.1, 0.15) is 5.82 Å². The Hall–Kier alpha value is -3.47. The third-order valence-electron chi connectivity index (χ3n) is 4.06. The Morgan fingerprint density at radius 2 is 1.52 bits per heavy atom. The minimum atomic E-state index is -0.427. The number of hydrogen-bond acceptors (Lipinski definition) is 2. The molecule has 1 unspecified atom stereocenters. The van der Waals surface area contributed by atoms with Gasteiger partial charge in [-0.05, 0) is 41.5 Å². The molecule has 1 atom stereocenters. The minimum Gasteiger partial charge on any atom is -0.341 e. The fraction of sp³-hybridized carbons (Fsp3) is 0.0909. The van der Waals surface area contributed by atoms with Crippen molar-refractivity contribution >= 4 is 17.5 Å². The van der Waals surface area contributed by atoms with E-state index in [2.05, 4.69) is 10.6 Å². The van der Waals surface area contributed by atoms with Gasteiger partial charge in [-0.2, -0.15) is 0 Å². The summed E-state index contributed by atoms with van der Waals surface area (Å²) < 4.78 is 13.3. The van der Waals surface area contributed by atoms with Crippen LogP contribution in [0.5, 0.6) is 0 Å². The molecule has 0 fully saturated rings. The first-order valence-electron chi connectivity index (χ1n) is 8.52. The van der Waals surface area contributed by atoms with Crippen LogP contribution < -0.4 is 10.6 Å². The molecule has 136 valence electrons. The number of benzene rings is 3. The summed E-state index contributed by atoms with van der Waals surface area (Å²) in [6, 6.07) is 21.8. The topological polar surface area (TPSA) is 58.2 Å². The minimum absolute atomic E-state index is 0.207. The largest absolute Gasteiger partial charge is 0.341 e. The molecular formula is C22H19FN2O2. The summed E-state index contributed by atoms with van der Waals surface area (Å²) in [6.07, 6.45) is 0. The number of anilines is 1. The van der Waals surface area contributed by atoms with Crippen molar-refractivity contribution in [2.24, 2.45) is 0 Å². The van der Waals surface area contributed by atoms with Gasteiger partial charge in [0.05, 0.1) is 6.04 Å². The van der Waals surface area contributed by atoms with Crippen LogP contribution in [0.1, 0.15) is 34.5 Å². The molecule has 2 amide bonds. The predicted molar refractivity (Wildman–Crippen MR) is 103 cm³/mol. The lowest BCUT2D eigenvalue weighted by molar-refractivity contribution is -0.114. The highest BCUT2D eigenvalue weighted by atomic mass is 19.1. The zero-order valence-electron chi connectivity index (χ0n) is 14.8. The molecule has 0 aromatic heterocycles. The van der Waals surface area contributed by atoms with Crippen LogP contribution >= 0.6 is 0 Å². The summed E-state index contributed by atoms with van der Waals surface area (Å²) in [5, 5.41) is 5.65. The molecule has 0 spiro atoms. The highest BCUT2D eigenvalue weighted by Gasteiger charge is 2.18. The Balaban J connectivity index is 1.89. The van der Waals surface area contributed by atoms with E-state index in [-0.39, 0.29) is 17.6 Å². The summed E-state index contributed by atoms with van der Waals surface area (Å²) in [5.41, 5.74) is 2.63. The van der Waals surface area contributed by atoms with Crippen molar-refractivity contribution in [2.75, 3.05) is 5.32 Å². The van der Waals surface area contributed by atoms with Crippen LogP contribution in [0.25, 0.3) is 0 Å². The van der Waals surface area contributed by atoms with Gasteiger partial charge < -0.3 is 10.6 Å². The highest BCUT2D eigenvalue weighted by Crippen LogP contribution is 2.23. The molecule has 0 aliphatic heterocycles. The lowest BCUT2D eigenvalue weighted by Crippen LogP contribution is -2.29. The summed E-state index contributed by atoms with van der Waals surface area (Å²) >= 11 is 0. The molecule has 0 bridgehead atoms. The number of carbonyl (C=O) groups is 2. The van der Waals surface area contributed by atoms with Crippen LogP contribution in [-0.4, -0.2) is 11.8 Å². The Morgan fingerprint density at radius 1 is 0.852 bits per heavy atom. The third-order valence-corrected chi connectivity index (χ3v) is 4.06. The first-order valence-corrected chi connectivity index (χ1v) is 8.52. The van der Waals surface area contributed by atoms with Gasteiger partial charge in [-0.1, -0.05) is 48.5 Å². The van der Waals surface area contributed by atoms with Crippen molar-refractivity contribution in [3.8, 4) is 0 Å². The fourth-order valence-electron chi connectivity index (χ4n) is 2.82. The van der Waals surface area contributed by atoms with E-state index < -0.39 is 6.04 Å². The molecule has 0 radical (unpaired) electrons. The second-order valence-corrected chi connectivity index (χ2v) is 6.13. The maximum absolute atomic E-state index is 13.3. The van der Waals surface area contributed by atoms with E-state index in [4.69, 9.17) is 0 Å². The van der Waals surface area contributed by atoms with E-state index in [0.29, 0.717) is 11.3 Å². The standard InChI is InChI=1S/C22H19FN2O2/c1-15(26)24-20-9-5-8-18(14-20)22(27)25-21(16-6-3-2-4-7-16)17-10-12-19(23)13-11-17/h2-14,21H,1H3,(H,24,26)(H,25,27). The maximum Gasteiger partial charge on any atom is 0.252 e. The molecule has 0 aliphatic carbocycles. The molecule has 0 aliphatic rings. The van der Waals surface area contributed by atoms with Gasteiger partial charge in [-0.3, -0.25) is 9.59 Å². The van der Waals surface area contributed by atoms with Gasteiger partial charge in [0.2, 0.25) is 5.91 Å². The second-order valence-electron chi connectivity index (χ2n) is 6.13. The van der Waals surface area contributed by atoms with Crippen molar-refractivity contribution in [1.82, 2.24) is 5.32 Å². The van der Waals surface area contributed by atoms with Gasteiger partial charge in [-0.25, -0.2) is 4.39 Å². The first kappa shape index (κ1) is 18.3. The molecule has 3 rings (SSSR count). The highest BCUT2D eigenvalue weighted by molar-refractivity contribution is 5.97. The summed E-state index contributed by atoms with van der Waals surface area (Å²) in [4.78, 5) is 24.0. The SMILES string of the molecule is CC(=O)Nc1cccc(C(=O)NC(c2ccccc2)c2ccc(F)cc2)c1. The monoisotopic (exact) mass is 362 g/mol. The molecule has 27 heavy (non-hydrogen) atoms. The summed E-state index contributed by atoms with van der Waals surface area (Å²) in [6.45, 7) is 1.41. The van der Waals surface area contributed by atoms with Crippen LogP contribution in [0.4, 0.5) is 10.1 Å². The number of amides is 2. The second kappa shape index (κ2) is 8.27. The van der Waals surface area contributed by atoms with E-state index in [9.17, 15) is 14.0 Å². The van der Waals surface area contributed by atoms with Gasteiger partial charge in [0.15, 0.2) is 0 Å². The van der Waals surface area contributed by atoms with Gasteiger partial charge >= 0.3 is 0 Å². The lowest BCUT2D eigenvalue weighted by atomic mass is 9.98. The summed E-state index contributed by atoms with van der Waals surface area (Å²) in [5.74, 6) is -0.832. The Bertz CT molecular complexity index is 940. The fourth-order valence-corrected chi connectivity index (χ4v) is 2.82. The molecule has 3 aromatic carbocycles. The number of halogens is 1. The summed E-state index contributed by atoms with van der Waals surface area (Å²) in [7, 11) is 0. The van der Waals surface area contributed by atoms with Crippen molar-refractivity contribution in [2.45, 2.75) is 13.0 Å². The predicted octanol–water partition coefficient (Wildman–Crippen LogP) is 4.30. The number of rotatable bonds is 5. The number of hydrogen-bond donors (Lipinski definition) is 2. The van der Waals surface area contributed by atoms with E-state index >= 15 is 0 Å². The van der Waals surface area contributed by atoms with Gasteiger partial charge in [-0.15, -0.1) is 0 Å². The molecule has 0 saturated heterocycles. The smallest absolute Gasteiger partial charge is 0.252 e. The van der Waals surface area contributed by atoms with Crippen molar-refractivity contribution in [3.05, 3.63) is 101 Å². The van der Waals surface area contributed by atoms with Crippen molar-refractivity contribution in [3.63, 3.8) is 0 Å². The number of nitrogens with one attached hydrogen (secondary N) is 2. The molecule has 4 nitrogen and oxygen atoms in total. The average Bonchev–Trinajstić information content (AvgIpc) is 2.67. The molecular weight excluding hydrogens is 343 g/mol. The maximum atomic E-state index is 13.3. The molecule has 3 aromatic rings. The van der Waals surface area contributed by atoms with Crippen molar-refractivity contribution < 1.29 is 14.0 Å². The van der Waals surface area contributed by atoms with Crippen molar-refractivity contribution in [1.29, 1.82) is 0 Å².